The van der Waals surface area contributed by atoms with Gasteiger partial charge in [0.05, 0.1) is 18.0 Å². The summed E-state index contributed by atoms with van der Waals surface area (Å²) in [5.74, 6) is -0.396. The van der Waals surface area contributed by atoms with Crippen molar-refractivity contribution >= 4 is 16.7 Å². The molecule has 5 heteroatoms. The Kier molecular flexibility index (Phi) is 2.21. The Morgan fingerprint density at radius 2 is 2.27 bits per heavy atom. The maximum atomic E-state index is 11.3. The van der Waals surface area contributed by atoms with Crippen molar-refractivity contribution < 1.29 is 4.79 Å². The predicted molar refractivity (Wildman–Crippen MR) is 55.3 cm³/mol. The minimum Gasteiger partial charge on any atom is -0.369 e. The minimum absolute atomic E-state index is 0.169. The summed E-state index contributed by atoms with van der Waals surface area (Å²) in [5.41, 5.74) is 5.62. The molecule has 3 N–H and O–H groups in total. The van der Waals surface area contributed by atoms with Crippen LogP contribution < -0.4 is 11.3 Å². The summed E-state index contributed by atoms with van der Waals surface area (Å²) in [6, 6.07) is 5.11. The maximum absolute atomic E-state index is 11.3. The number of nitrogens with zero attached hydrogens (tertiary/aromatic N) is 1. The molecule has 0 aliphatic heterocycles. The van der Waals surface area contributed by atoms with Gasteiger partial charge in [0.15, 0.2) is 0 Å². The van der Waals surface area contributed by atoms with Gasteiger partial charge < -0.3 is 5.73 Å². The second-order valence-electron chi connectivity index (χ2n) is 3.26. The lowest BCUT2D eigenvalue weighted by Crippen LogP contribution is -2.14. The fourth-order valence-electron chi connectivity index (χ4n) is 1.46. The van der Waals surface area contributed by atoms with Crippen LogP contribution >= 0.6 is 0 Å². The molecule has 1 amide bonds. The van der Waals surface area contributed by atoms with Crippen LogP contribution in [0.2, 0.25) is 0 Å². The van der Waals surface area contributed by atoms with Gasteiger partial charge in [-0.1, -0.05) is 6.07 Å². The Balaban J connectivity index is 2.57. The van der Waals surface area contributed by atoms with Crippen LogP contribution in [0.15, 0.2) is 29.2 Å². The number of aromatic nitrogens is 2. The highest BCUT2D eigenvalue weighted by atomic mass is 16.1. The van der Waals surface area contributed by atoms with Crippen molar-refractivity contribution in [3.8, 4) is 0 Å². The van der Waals surface area contributed by atoms with Gasteiger partial charge in [0.2, 0.25) is 5.91 Å². The highest BCUT2D eigenvalue weighted by Crippen LogP contribution is 2.11. The zero-order chi connectivity index (χ0) is 10.8. The molecular formula is C10H9N3O2. The Labute approximate surface area is 84.9 Å². The van der Waals surface area contributed by atoms with E-state index in [2.05, 4.69) is 10.2 Å². The van der Waals surface area contributed by atoms with Gasteiger partial charge in [-0.2, -0.15) is 5.10 Å². The molecule has 0 aliphatic rings. The minimum atomic E-state index is -0.396. The van der Waals surface area contributed by atoms with Gasteiger partial charge in [0.1, 0.15) is 0 Å². The Hall–Kier alpha value is -2.17. The molecule has 15 heavy (non-hydrogen) atoms. The lowest BCUT2D eigenvalue weighted by atomic mass is 10.1. The third-order valence-corrected chi connectivity index (χ3v) is 2.11. The molecule has 0 fully saturated rings. The lowest BCUT2D eigenvalue weighted by Gasteiger charge is -1.99. The predicted octanol–water partition coefficient (Wildman–Crippen LogP) is -0.0491. The monoisotopic (exact) mass is 203 g/mol. The van der Waals surface area contributed by atoms with Crippen LogP contribution in [-0.4, -0.2) is 16.1 Å². The summed E-state index contributed by atoms with van der Waals surface area (Å²) >= 11 is 0. The number of carbonyl (C=O) groups excluding carboxylic acids is 1. The fourth-order valence-corrected chi connectivity index (χ4v) is 1.46. The summed E-state index contributed by atoms with van der Waals surface area (Å²) in [6.45, 7) is 0. The summed E-state index contributed by atoms with van der Waals surface area (Å²) in [4.78, 5) is 22.0. The molecule has 1 aromatic carbocycles. The molecule has 0 unspecified atom stereocenters. The Morgan fingerprint density at radius 1 is 1.47 bits per heavy atom. The maximum Gasteiger partial charge on any atom is 0.272 e. The first-order valence-corrected chi connectivity index (χ1v) is 4.41. The molecule has 0 saturated carbocycles. The third-order valence-electron chi connectivity index (χ3n) is 2.11. The first-order chi connectivity index (χ1) is 7.16. The van der Waals surface area contributed by atoms with Crippen molar-refractivity contribution in [2.75, 3.05) is 0 Å². The van der Waals surface area contributed by atoms with E-state index in [0.717, 1.165) is 5.56 Å². The molecule has 76 valence electrons. The van der Waals surface area contributed by atoms with Gasteiger partial charge in [0, 0.05) is 5.39 Å². The molecule has 2 aromatic rings. The number of fused-ring (bicyclic) bond motifs is 1. The number of nitrogens with two attached hydrogens (primary N) is 1. The van der Waals surface area contributed by atoms with E-state index in [1.807, 2.05) is 0 Å². The second-order valence-corrected chi connectivity index (χ2v) is 3.26. The number of hydrogen-bond donors (Lipinski definition) is 2. The van der Waals surface area contributed by atoms with E-state index in [9.17, 15) is 9.59 Å². The first-order valence-electron chi connectivity index (χ1n) is 4.41. The average Bonchev–Trinajstić information content (AvgIpc) is 2.17. The van der Waals surface area contributed by atoms with Crippen LogP contribution in [-0.2, 0) is 11.2 Å². The van der Waals surface area contributed by atoms with Crippen molar-refractivity contribution in [3.63, 3.8) is 0 Å². The number of hydrogen-bond acceptors (Lipinski definition) is 3. The Bertz CT molecular complexity index is 574. The molecule has 0 bridgehead atoms. The molecular weight excluding hydrogens is 194 g/mol. The van der Waals surface area contributed by atoms with Gasteiger partial charge in [0.25, 0.3) is 5.56 Å². The highest BCUT2D eigenvalue weighted by Gasteiger charge is 2.02. The van der Waals surface area contributed by atoms with E-state index in [0.29, 0.717) is 10.8 Å². The highest BCUT2D eigenvalue weighted by molar-refractivity contribution is 5.83. The normalized spacial score (nSPS) is 10.4. The Morgan fingerprint density at radius 3 is 3.00 bits per heavy atom. The molecule has 2 rings (SSSR count). The topological polar surface area (TPSA) is 88.8 Å². The van der Waals surface area contributed by atoms with Crippen molar-refractivity contribution in [2.45, 2.75) is 6.42 Å². The molecule has 0 radical (unpaired) electrons. The van der Waals surface area contributed by atoms with Crippen molar-refractivity contribution in [1.29, 1.82) is 0 Å². The smallest absolute Gasteiger partial charge is 0.272 e. The first kappa shape index (κ1) is 9.39. The molecule has 0 aliphatic carbocycles. The fraction of sp³-hybridized carbons (Fsp3) is 0.100. The number of primary amides is 1. The van der Waals surface area contributed by atoms with Crippen LogP contribution in [0.5, 0.6) is 0 Å². The largest absolute Gasteiger partial charge is 0.369 e. The van der Waals surface area contributed by atoms with E-state index >= 15 is 0 Å². The van der Waals surface area contributed by atoms with Crippen LogP contribution in [0.1, 0.15) is 5.56 Å². The van der Waals surface area contributed by atoms with Gasteiger partial charge in [-0.05, 0) is 17.7 Å². The molecule has 0 atom stereocenters. The summed E-state index contributed by atoms with van der Waals surface area (Å²) < 4.78 is 0. The molecule has 5 nitrogen and oxygen atoms in total. The van der Waals surface area contributed by atoms with Gasteiger partial charge in [-0.3, -0.25) is 9.59 Å². The standard InChI is InChI=1S/C10H9N3O2/c11-9(14)4-6-1-2-8-7(3-6)5-12-13-10(8)15/h1-3,5H,4H2,(H2,11,14)(H,13,15). The number of amides is 1. The summed E-state index contributed by atoms with van der Waals surface area (Å²) in [5, 5.41) is 7.28. The number of carbonyl (C=O) groups is 1. The van der Waals surface area contributed by atoms with Crippen molar-refractivity contribution in [1.82, 2.24) is 10.2 Å². The number of rotatable bonds is 2. The van der Waals surface area contributed by atoms with E-state index < -0.39 is 5.91 Å². The molecule has 0 spiro atoms. The zero-order valence-corrected chi connectivity index (χ0v) is 7.86. The van der Waals surface area contributed by atoms with E-state index in [1.54, 1.807) is 24.4 Å². The average molecular weight is 203 g/mol. The second kappa shape index (κ2) is 3.53. The van der Waals surface area contributed by atoms with Crippen LogP contribution in [0.3, 0.4) is 0 Å². The molecule has 1 heterocycles. The number of nitrogens with one attached hydrogen (secondary N) is 1. The van der Waals surface area contributed by atoms with E-state index in [1.165, 1.54) is 0 Å². The number of aromatic amines is 1. The quantitative estimate of drug-likeness (QED) is 0.717. The lowest BCUT2D eigenvalue weighted by molar-refractivity contribution is -0.117. The van der Waals surface area contributed by atoms with Gasteiger partial charge >= 0.3 is 0 Å². The molecule has 1 aromatic heterocycles. The van der Waals surface area contributed by atoms with Crippen LogP contribution in [0.25, 0.3) is 10.8 Å². The van der Waals surface area contributed by atoms with E-state index in [-0.39, 0.29) is 12.0 Å². The zero-order valence-electron chi connectivity index (χ0n) is 7.86. The third kappa shape index (κ3) is 1.85. The molecule has 0 saturated heterocycles. The number of H-pyrrole nitrogens is 1. The summed E-state index contributed by atoms with van der Waals surface area (Å²) in [6.07, 6.45) is 1.71. The van der Waals surface area contributed by atoms with E-state index in [4.69, 9.17) is 5.73 Å². The van der Waals surface area contributed by atoms with Gasteiger partial charge in [-0.25, -0.2) is 5.10 Å². The van der Waals surface area contributed by atoms with Crippen molar-refractivity contribution in [2.24, 2.45) is 5.73 Å². The number of benzene rings is 1. The van der Waals surface area contributed by atoms with Gasteiger partial charge in [-0.15, -0.1) is 0 Å². The van der Waals surface area contributed by atoms with Crippen molar-refractivity contribution in [3.05, 3.63) is 40.3 Å². The van der Waals surface area contributed by atoms with Crippen LogP contribution in [0, 0.1) is 0 Å². The summed E-state index contributed by atoms with van der Waals surface area (Å²) in [7, 11) is 0. The van der Waals surface area contributed by atoms with Crippen LogP contribution in [0.4, 0.5) is 0 Å². The SMILES string of the molecule is NC(=O)Cc1ccc2c(=O)[nH]ncc2c1.